The molecule has 252 valence electrons. The number of sulfonamides is 1. The number of nitrogens with zero attached hydrogens (tertiary/aromatic N) is 2. The summed E-state index contributed by atoms with van der Waals surface area (Å²) in [6.45, 7) is 1.51. The molecule has 5 rings (SSSR count). The summed E-state index contributed by atoms with van der Waals surface area (Å²) in [4.78, 5) is 30.5. The SMILES string of the molecule is COc1ccc(N(CC(=O)N(Cc2cccc(C)c2)[C@H](Cc2ccccc2)C(=O)NC2CCCCC2)S(=O)(=O)c2ccccc2)cc1Cl. The van der Waals surface area contributed by atoms with Crippen LogP contribution in [0.1, 0.15) is 48.8 Å². The smallest absolute Gasteiger partial charge is 0.264 e. The van der Waals surface area contributed by atoms with Crippen LogP contribution in [0.3, 0.4) is 0 Å². The molecule has 1 fully saturated rings. The maximum absolute atomic E-state index is 14.7. The van der Waals surface area contributed by atoms with Crippen LogP contribution < -0.4 is 14.4 Å². The summed E-state index contributed by atoms with van der Waals surface area (Å²) in [5.41, 5.74) is 2.92. The summed E-state index contributed by atoms with van der Waals surface area (Å²) in [7, 11) is -2.77. The Morgan fingerprint density at radius 1 is 0.875 bits per heavy atom. The lowest BCUT2D eigenvalue weighted by Gasteiger charge is -2.35. The fourth-order valence-corrected chi connectivity index (χ4v) is 7.84. The van der Waals surface area contributed by atoms with E-state index in [9.17, 15) is 18.0 Å². The van der Waals surface area contributed by atoms with Gasteiger partial charge < -0.3 is 15.0 Å². The monoisotopic (exact) mass is 687 g/mol. The van der Waals surface area contributed by atoms with E-state index in [0.717, 1.165) is 53.1 Å². The van der Waals surface area contributed by atoms with Gasteiger partial charge in [0.1, 0.15) is 18.3 Å². The number of carbonyl (C=O) groups excluding carboxylic acids is 2. The highest BCUT2D eigenvalue weighted by Gasteiger charge is 2.35. The van der Waals surface area contributed by atoms with Gasteiger partial charge in [-0.3, -0.25) is 13.9 Å². The number of amides is 2. The number of hydrogen-bond acceptors (Lipinski definition) is 5. The van der Waals surface area contributed by atoms with Crippen LogP contribution in [-0.2, 0) is 32.6 Å². The van der Waals surface area contributed by atoms with Crippen molar-refractivity contribution in [2.75, 3.05) is 18.0 Å². The Kier molecular flexibility index (Phi) is 11.8. The van der Waals surface area contributed by atoms with E-state index in [1.165, 1.54) is 30.2 Å². The fraction of sp³-hybridized carbons (Fsp3) is 0.316. The highest BCUT2D eigenvalue weighted by molar-refractivity contribution is 7.92. The number of nitrogens with one attached hydrogen (secondary N) is 1. The Balaban J connectivity index is 1.57. The minimum atomic E-state index is -4.24. The highest BCUT2D eigenvalue weighted by atomic mass is 35.5. The van der Waals surface area contributed by atoms with E-state index < -0.39 is 28.5 Å². The zero-order valence-electron chi connectivity index (χ0n) is 27.3. The van der Waals surface area contributed by atoms with Crippen molar-refractivity contribution in [3.8, 4) is 5.75 Å². The number of aryl methyl sites for hydroxylation is 1. The number of hydrogen-bond donors (Lipinski definition) is 1. The Hall–Kier alpha value is -4.34. The van der Waals surface area contributed by atoms with Gasteiger partial charge in [-0.25, -0.2) is 8.42 Å². The van der Waals surface area contributed by atoms with Crippen molar-refractivity contribution in [2.45, 2.75) is 69.0 Å². The molecule has 8 nitrogen and oxygen atoms in total. The Morgan fingerprint density at radius 2 is 1.54 bits per heavy atom. The van der Waals surface area contributed by atoms with Crippen LogP contribution in [0.4, 0.5) is 5.69 Å². The predicted octanol–water partition coefficient (Wildman–Crippen LogP) is 6.94. The molecule has 4 aromatic carbocycles. The highest BCUT2D eigenvalue weighted by Crippen LogP contribution is 2.32. The Labute approximate surface area is 288 Å². The third-order valence-electron chi connectivity index (χ3n) is 8.69. The molecule has 1 aliphatic rings. The van der Waals surface area contributed by atoms with Gasteiger partial charge in [-0.1, -0.05) is 109 Å². The zero-order valence-corrected chi connectivity index (χ0v) is 28.9. The summed E-state index contributed by atoms with van der Waals surface area (Å²) in [5.74, 6) is -0.411. The Bertz CT molecular complexity index is 1800. The van der Waals surface area contributed by atoms with Gasteiger partial charge in [-0.05, 0) is 61.2 Å². The number of anilines is 1. The van der Waals surface area contributed by atoms with Crippen LogP contribution in [-0.4, -0.2) is 50.9 Å². The molecule has 0 aliphatic heterocycles. The molecule has 1 atom stereocenters. The van der Waals surface area contributed by atoms with E-state index in [1.54, 1.807) is 30.3 Å². The molecule has 0 bridgehead atoms. The molecule has 2 amide bonds. The van der Waals surface area contributed by atoms with Crippen molar-refractivity contribution in [1.29, 1.82) is 0 Å². The number of methoxy groups -OCH3 is 1. The van der Waals surface area contributed by atoms with Gasteiger partial charge in [0.15, 0.2) is 0 Å². The molecule has 0 heterocycles. The molecule has 1 N–H and O–H groups in total. The number of ether oxygens (including phenoxy) is 1. The van der Waals surface area contributed by atoms with Gasteiger partial charge in [0.05, 0.1) is 22.7 Å². The lowest BCUT2D eigenvalue weighted by Crippen LogP contribution is -2.55. The molecule has 0 unspecified atom stereocenters. The summed E-state index contributed by atoms with van der Waals surface area (Å²) in [6, 6.07) is 29.0. The molecule has 10 heteroatoms. The molecule has 4 aromatic rings. The van der Waals surface area contributed by atoms with Crippen LogP contribution in [0.15, 0.2) is 108 Å². The fourth-order valence-electron chi connectivity index (χ4n) is 6.16. The lowest BCUT2D eigenvalue weighted by molar-refractivity contribution is -0.140. The standard InChI is InChI=1S/C38H42ClN3O5S/c1-28-13-12-16-30(23-28)26-41(35(24-29-14-6-3-7-15-29)38(44)40-31-17-8-4-9-18-31)37(43)27-42(32-21-22-36(47-2)34(39)25-32)48(45,46)33-19-10-5-11-20-33/h3,5-7,10-16,19-23,25,31,35H,4,8-9,17-18,24,26-27H2,1-2H3,(H,40,44)/t35-/m1/s1. The van der Waals surface area contributed by atoms with Gasteiger partial charge in [0, 0.05) is 19.0 Å². The third-order valence-corrected chi connectivity index (χ3v) is 10.8. The van der Waals surface area contributed by atoms with Crippen LogP contribution in [0.2, 0.25) is 5.02 Å². The number of carbonyl (C=O) groups is 2. The minimum Gasteiger partial charge on any atom is -0.495 e. The van der Waals surface area contributed by atoms with E-state index in [4.69, 9.17) is 16.3 Å². The second-order valence-electron chi connectivity index (χ2n) is 12.2. The summed E-state index contributed by atoms with van der Waals surface area (Å²) >= 11 is 6.47. The number of halogens is 1. The first kappa shape index (κ1) is 35.0. The van der Waals surface area contributed by atoms with Crippen molar-refractivity contribution < 1.29 is 22.7 Å². The minimum absolute atomic E-state index is 0.0193. The van der Waals surface area contributed by atoms with E-state index in [1.807, 2.05) is 61.5 Å². The molecule has 48 heavy (non-hydrogen) atoms. The average Bonchev–Trinajstić information content (AvgIpc) is 3.09. The van der Waals surface area contributed by atoms with Crippen LogP contribution in [0, 0.1) is 6.92 Å². The van der Waals surface area contributed by atoms with Crippen LogP contribution >= 0.6 is 11.6 Å². The normalized spacial score (nSPS) is 14.1. The predicted molar refractivity (Wildman–Crippen MR) is 190 cm³/mol. The molecule has 1 aliphatic carbocycles. The second kappa shape index (κ2) is 16.2. The molecule has 0 spiro atoms. The largest absolute Gasteiger partial charge is 0.495 e. The van der Waals surface area contributed by atoms with Gasteiger partial charge >= 0.3 is 0 Å². The summed E-state index contributed by atoms with van der Waals surface area (Å²) < 4.78 is 34.8. The molecule has 0 aromatic heterocycles. The third kappa shape index (κ3) is 8.76. The molecule has 0 saturated heterocycles. The van der Waals surface area contributed by atoms with Crippen molar-refractivity contribution in [1.82, 2.24) is 10.2 Å². The first-order valence-corrected chi connectivity index (χ1v) is 18.1. The van der Waals surface area contributed by atoms with E-state index >= 15 is 0 Å². The molecular formula is C38H42ClN3O5S. The lowest BCUT2D eigenvalue weighted by atomic mass is 9.94. The first-order valence-electron chi connectivity index (χ1n) is 16.3. The average molecular weight is 688 g/mol. The van der Waals surface area contributed by atoms with Crippen molar-refractivity contribution in [3.05, 3.63) is 125 Å². The van der Waals surface area contributed by atoms with E-state index in [2.05, 4.69) is 5.32 Å². The second-order valence-corrected chi connectivity index (χ2v) is 14.5. The first-order chi connectivity index (χ1) is 23.2. The number of benzene rings is 4. The Morgan fingerprint density at radius 3 is 2.19 bits per heavy atom. The maximum Gasteiger partial charge on any atom is 0.264 e. The van der Waals surface area contributed by atoms with Crippen molar-refractivity contribution in [3.63, 3.8) is 0 Å². The topological polar surface area (TPSA) is 96.0 Å². The van der Waals surface area contributed by atoms with Gasteiger partial charge in [-0.15, -0.1) is 0 Å². The summed E-state index contributed by atoms with van der Waals surface area (Å²) in [6.07, 6.45) is 5.25. The van der Waals surface area contributed by atoms with E-state index in [0.29, 0.717) is 5.75 Å². The zero-order chi connectivity index (χ0) is 34.1. The van der Waals surface area contributed by atoms with Gasteiger partial charge in [-0.2, -0.15) is 0 Å². The van der Waals surface area contributed by atoms with Crippen molar-refractivity contribution >= 4 is 39.1 Å². The van der Waals surface area contributed by atoms with E-state index in [-0.39, 0.29) is 40.5 Å². The molecule has 1 saturated carbocycles. The van der Waals surface area contributed by atoms with Crippen molar-refractivity contribution in [2.24, 2.45) is 0 Å². The van der Waals surface area contributed by atoms with Crippen LogP contribution in [0.5, 0.6) is 5.75 Å². The van der Waals surface area contributed by atoms with Gasteiger partial charge in [0.25, 0.3) is 10.0 Å². The van der Waals surface area contributed by atoms with Gasteiger partial charge in [0.2, 0.25) is 11.8 Å². The quantitative estimate of drug-likeness (QED) is 0.164. The summed E-state index contributed by atoms with van der Waals surface area (Å²) in [5, 5.41) is 3.43. The molecule has 0 radical (unpaired) electrons. The maximum atomic E-state index is 14.7. The number of rotatable bonds is 13. The molecular weight excluding hydrogens is 646 g/mol. The van der Waals surface area contributed by atoms with Crippen LogP contribution in [0.25, 0.3) is 0 Å².